The molecule has 0 unspecified atom stereocenters. The molecular formula is C29H26N4O2S. The van der Waals surface area contributed by atoms with Crippen LogP contribution in [0.25, 0.3) is 33.4 Å². The Morgan fingerprint density at radius 1 is 0.778 bits per heavy atom. The third kappa shape index (κ3) is 4.97. The molecule has 5 rings (SSSR count). The van der Waals surface area contributed by atoms with Gasteiger partial charge in [-0.25, -0.2) is 18.4 Å². The zero-order valence-electron chi connectivity index (χ0n) is 19.9. The fraction of sp³-hybridized carbons (Fsp3) is 0.138. The van der Waals surface area contributed by atoms with Gasteiger partial charge >= 0.3 is 0 Å². The van der Waals surface area contributed by atoms with Crippen LogP contribution in [0.4, 0.5) is 5.82 Å². The van der Waals surface area contributed by atoms with Gasteiger partial charge in [-0.1, -0.05) is 55.5 Å². The Hall–Kier alpha value is -4.10. The number of aromatic nitrogens is 3. The van der Waals surface area contributed by atoms with Gasteiger partial charge in [-0.15, -0.1) is 0 Å². The van der Waals surface area contributed by atoms with E-state index >= 15 is 0 Å². The third-order valence-corrected chi connectivity index (χ3v) is 7.85. The number of hydrogen-bond donors (Lipinski definition) is 1. The van der Waals surface area contributed by atoms with Crippen LogP contribution in [0.3, 0.4) is 0 Å². The molecule has 0 amide bonds. The van der Waals surface area contributed by atoms with Gasteiger partial charge in [0.15, 0.2) is 15.7 Å². The lowest BCUT2D eigenvalue weighted by Gasteiger charge is -2.14. The molecule has 3 aromatic carbocycles. The summed E-state index contributed by atoms with van der Waals surface area (Å²) >= 11 is 0. The van der Waals surface area contributed by atoms with Gasteiger partial charge < -0.3 is 5.32 Å². The van der Waals surface area contributed by atoms with Crippen LogP contribution in [-0.4, -0.2) is 29.1 Å². The van der Waals surface area contributed by atoms with E-state index in [-0.39, 0.29) is 5.75 Å². The molecule has 1 N–H and O–H groups in total. The summed E-state index contributed by atoms with van der Waals surface area (Å²) in [5.74, 6) is 1.35. The molecule has 0 atom stereocenters. The van der Waals surface area contributed by atoms with E-state index in [1.54, 1.807) is 30.5 Å². The molecule has 7 heteroatoms. The number of benzene rings is 3. The highest BCUT2D eigenvalue weighted by atomic mass is 32.2. The minimum atomic E-state index is -3.29. The van der Waals surface area contributed by atoms with Crippen LogP contribution in [0, 0.1) is 0 Å². The van der Waals surface area contributed by atoms with Crippen LogP contribution in [0.2, 0.25) is 0 Å². The van der Waals surface area contributed by atoms with Crippen molar-refractivity contribution in [1.82, 2.24) is 15.0 Å². The molecular weight excluding hydrogens is 468 g/mol. The number of pyridine rings is 1. The van der Waals surface area contributed by atoms with Gasteiger partial charge in [-0.05, 0) is 60.0 Å². The SMILES string of the molecule is CCCS(=O)(=O)c1ccc(-c2nc(NCc3ccccn3)c3c(-c4ccccc4)cccc3n2)cc1. The number of nitrogens with zero attached hydrogens (tertiary/aromatic N) is 3. The zero-order valence-corrected chi connectivity index (χ0v) is 20.7. The molecule has 6 nitrogen and oxygen atoms in total. The van der Waals surface area contributed by atoms with E-state index in [1.807, 2.05) is 55.5 Å². The first-order valence-corrected chi connectivity index (χ1v) is 13.5. The van der Waals surface area contributed by atoms with Gasteiger partial charge in [0.2, 0.25) is 0 Å². The van der Waals surface area contributed by atoms with E-state index < -0.39 is 9.84 Å². The quantitative estimate of drug-likeness (QED) is 0.278. The van der Waals surface area contributed by atoms with Gasteiger partial charge in [-0.3, -0.25) is 4.98 Å². The van der Waals surface area contributed by atoms with Gasteiger partial charge in [0, 0.05) is 11.8 Å². The Morgan fingerprint density at radius 2 is 1.56 bits per heavy atom. The van der Waals surface area contributed by atoms with E-state index in [1.165, 1.54) is 0 Å². The summed E-state index contributed by atoms with van der Waals surface area (Å²) in [5.41, 5.74) is 4.55. The molecule has 2 heterocycles. The van der Waals surface area contributed by atoms with E-state index in [0.717, 1.165) is 33.3 Å². The van der Waals surface area contributed by atoms with Crippen LogP contribution in [0.5, 0.6) is 0 Å². The predicted octanol–water partition coefficient (Wildman–Crippen LogP) is 6.15. The second-order valence-corrected chi connectivity index (χ2v) is 10.6. The number of hydrogen-bond acceptors (Lipinski definition) is 6. The molecule has 0 saturated heterocycles. The summed E-state index contributed by atoms with van der Waals surface area (Å²) in [5, 5.41) is 4.39. The number of sulfone groups is 1. The fourth-order valence-corrected chi connectivity index (χ4v) is 5.50. The highest BCUT2D eigenvalue weighted by Gasteiger charge is 2.16. The van der Waals surface area contributed by atoms with Gasteiger partial charge in [0.05, 0.1) is 33.8 Å². The number of fused-ring (bicyclic) bond motifs is 1. The Kier molecular flexibility index (Phi) is 6.73. The lowest BCUT2D eigenvalue weighted by molar-refractivity contribution is 0.594. The van der Waals surface area contributed by atoms with Crippen molar-refractivity contribution in [3.63, 3.8) is 0 Å². The summed E-state index contributed by atoms with van der Waals surface area (Å²) in [6.07, 6.45) is 2.34. The number of nitrogens with one attached hydrogen (secondary N) is 1. The Bertz CT molecular complexity index is 1590. The Labute approximate surface area is 211 Å². The summed E-state index contributed by atoms with van der Waals surface area (Å²) in [6, 6.07) is 28.8. The minimum absolute atomic E-state index is 0.128. The molecule has 0 bridgehead atoms. The predicted molar refractivity (Wildman–Crippen MR) is 144 cm³/mol. The minimum Gasteiger partial charge on any atom is -0.364 e. The smallest absolute Gasteiger partial charge is 0.178 e. The highest BCUT2D eigenvalue weighted by Crippen LogP contribution is 2.34. The first-order valence-electron chi connectivity index (χ1n) is 11.9. The first kappa shape index (κ1) is 23.6. The molecule has 0 spiro atoms. The van der Waals surface area contributed by atoms with Gasteiger partial charge in [-0.2, -0.15) is 0 Å². The maximum atomic E-state index is 12.5. The van der Waals surface area contributed by atoms with Crippen molar-refractivity contribution in [2.75, 3.05) is 11.1 Å². The molecule has 0 saturated carbocycles. The van der Waals surface area contributed by atoms with Crippen molar-refractivity contribution in [2.45, 2.75) is 24.8 Å². The second-order valence-electron chi connectivity index (χ2n) is 8.48. The van der Waals surface area contributed by atoms with Crippen molar-refractivity contribution in [3.8, 4) is 22.5 Å². The molecule has 2 aromatic heterocycles. The van der Waals surface area contributed by atoms with Crippen molar-refractivity contribution in [1.29, 1.82) is 0 Å². The third-order valence-electron chi connectivity index (χ3n) is 5.92. The monoisotopic (exact) mass is 494 g/mol. The molecule has 0 fully saturated rings. The molecule has 0 aliphatic rings. The van der Waals surface area contributed by atoms with Crippen molar-refractivity contribution in [3.05, 3.63) is 103 Å². The molecule has 0 radical (unpaired) electrons. The lowest BCUT2D eigenvalue weighted by atomic mass is 10.0. The molecule has 5 aromatic rings. The molecule has 0 aliphatic carbocycles. The summed E-state index contributed by atoms with van der Waals surface area (Å²) < 4.78 is 24.9. The molecule has 180 valence electrons. The maximum absolute atomic E-state index is 12.5. The van der Waals surface area contributed by atoms with Gasteiger partial charge in [0.1, 0.15) is 5.82 Å². The van der Waals surface area contributed by atoms with Crippen LogP contribution in [-0.2, 0) is 16.4 Å². The summed E-state index contributed by atoms with van der Waals surface area (Å²) in [4.78, 5) is 14.5. The summed E-state index contributed by atoms with van der Waals surface area (Å²) in [6.45, 7) is 2.36. The first-order chi connectivity index (χ1) is 17.5. The van der Waals surface area contributed by atoms with E-state index in [2.05, 4.69) is 28.5 Å². The number of rotatable bonds is 8. The highest BCUT2D eigenvalue weighted by molar-refractivity contribution is 7.91. The van der Waals surface area contributed by atoms with Gasteiger partial charge in [0.25, 0.3) is 0 Å². The summed E-state index contributed by atoms with van der Waals surface area (Å²) in [7, 11) is -3.29. The van der Waals surface area contributed by atoms with Crippen LogP contribution in [0.1, 0.15) is 19.0 Å². The largest absolute Gasteiger partial charge is 0.364 e. The van der Waals surface area contributed by atoms with Crippen LogP contribution in [0.15, 0.2) is 102 Å². The van der Waals surface area contributed by atoms with Crippen LogP contribution < -0.4 is 5.32 Å². The van der Waals surface area contributed by atoms with E-state index in [0.29, 0.717) is 29.5 Å². The topological polar surface area (TPSA) is 84.8 Å². The lowest BCUT2D eigenvalue weighted by Crippen LogP contribution is -2.07. The Balaban J connectivity index is 1.61. The maximum Gasteiger partial charge on any atom is 0.178 e. The normalized spacial score (nSPS) is 11.5. The van der Waals surface area contributed by atoms with Crippen molar-refractivity contribution in [2.24, 2.45) is 0 Å². The van der Waals surface area contributed by atoms with E-state index in [9.17, 15) is 8.42 Å². The molecule has 36 heavy (non-hydrogen) atoms. The average Bonchev–Trinajstić information content (AvgIpc) is 2.92. The fourth-order valence-electron chi connectivity index (χ4n) is 4.17. The number of anilines is 1. The Morgan fingerprint density at radius 3 is 2.28 bits per heavy atom. The van der Waals surface area contributed by atoms with E-state index in [4.69, 9.17) is 9.97 Å². The standard InChI is InChI=1S/C29H26N4O2S/c1-2-19-36(34,35)24-16-14-22(15-17-24)28-32-26-13-8-12-25(21-9-4-3-5-10-21)27(26)29(33-28)31-20-23-11-6-7-18-30-23/h3-18H,2,19-20H2,1H3,(H,31,32,33). The van der Waals surface area contributed by atoms with Crippen molar-refractivity contribution >= 4 is 26.6 Å². The van der Waals surface area contributed by atoms with Crippen LogP contribution >= 0.6 is 0 Å². The van der Waals surface area contributed by atoms with Crippen molar-refractivity contribution < 1.29 is 8.42 Å². The second kappa shape index (κ2) is 10.3. The average molecular weight is 495 g/mol. The molecule has 0 aliphatic heterocycles. The zero-order chi connectivity index (χ0) is 25.0.